The second-order valence-electron chi connectivity index (χ2n) is 4.21. The minimum atomic E-state index is -0.267. The highest BCUT2D eigenvalue weighted by Gasteiger charge is 1.99. The Morgan fingerprint density at radius 2 is 2.00 bits per heavy atom. The van der Waals surface area contributed by atoms with E-state index in [4.69, 9.17) is 4.74 Å². The fourth-order valence-electron chi connectivity index (χ4n) is 1.62. The second-order valence-corrected chi connectivity index (χ2v) is 4.21. The fraction of sp³-hybridized carbons (Fsp3) is 0.267. The first-order chi connectivity index (χ1) is 9.28. The van der Waals surface area contributed by atoms with E-state index in [9.17, 15) is 4.39 Å². The van der Waals surface area contributed by atoms with Gasteiger partial charge in [-0.05, 0) is 42.8 Å². The molecule has 1 aromatic carbocycles. The predicted molar refractivity (Wildman–Crippen MR) is 73.7 cm³/mol. The number of hydrogen-bond donors (Lipinski definition) is 1. The highest BCUT2D eigenvalue weighted by molar-refractivity contribution is 5.43. The van der Waals surface area contributed by atoms with Crippen molar-refractivity contribution in [3.05, 3.63) is 54.1 Å². The second kappa shape index (κ2) is 6.73. The lowest BCUT2D eigenvalue weighted by Gasteiger charge is -2.08. The van der Waals surface area contributed by atoms with Crippen molar-refractivity contribution in [2.45, 2.75) is 20.0 Å². The molecule has 0 aliphatic rings. The minimum Gasteiger partial charge on any atom is -0.487 e. The maximum Gasteiger partial charge on any atom is 0.130 e. The third kappa shape index (κ3) is 4.25. The molecule has 0 atom stereocenters. The van der Waals surface area contributed by atoms with E-state index in [2.05, 4.69) is 17.2 Å². The molecule has 2 aromatic rings. The topological polar surface area (TPSA) is 34.2 Å². The molecule has 1 heterocycles. The van der Waals surface area contributed by atoms with Gasteiger partial charge in [0.25, 0.3) is 0 Å². The Kier molecular flexibility index (Phi) is 4.72. The average Bonchev–Trinajstić information content (AvgIpc) is 2.45. The van der Waals surface area contributed by atoms with Crippen LogP contribution >= 0.6 is 0 Å². The third-order valence-electron chi connectivity index (χ3n) is 2.60. The average molecular weight is 260 g/mol. The standard InChI is InChI=1S/C15H17FN2O/c1-2-8-17-13-7-9-18-14(10-13)11-19-15-5-3-12(16)4-6-15/h3-7,9-10H,2,8,11H2,1H3,(H,17,18). The monoisotopic (exact) mass is 260 g/mol. The van der Waals surface area contributed by atoms with Crippen molar-refractivity contribution in [3.63, 3.8) is 0 Å². The summed E-state index contributed by atoms with van der Waals surface area (Å²) in [7, 11) is 0. The van der Waals surface area contributed by atoms with E-state index in [0.717, 1.165) is 24.3 Å². The molecular formula is C15H17FN2O. The number of ether oxygens (including phenoxy) is 1. The zero-order valence-corrected chi connectivity index (χ0v) is 10.9. The van der Waals surface area contributed by atoms with Crippen LogP contribution in [0.1, 0.15) is 19.0 Å². The molecule has 0 saturated carbocycles. The number of nitrogens with zero attached hydrogens (tertiary/aromatic N) is 1. The maximum atomic E-state index is 12.7. The number of pyridine rings is 1. The molecule has 19 heavy (non-hydrogen) atoms. The lowest BCUT2D eigenvalue weighted by molar-refractivity contribution is 0.301. The van der Waals surface area contributed by atoms with E-state index in [-0.39, 0.29) is 5.82 Å². The molecule has 0 spiro atoms. The summed E-state index contributed by atoms with van der Waals surface area (Å²) in [5, 5.41) is 3.30. The van der Waals surface area contributed by atoms with Crippen molar-refractivity contribution >= 4 is 5.69 Å². The van der Waals surface area contributed by atoms with E-state index in [0.29, 0.717) is 12.4 Å². The Bertz CT molecular complexity index is 514. The van der Waals surface area contributed by atoms with Crippen LogP contribution in [0.5, 0.6) is 5.75 Å². The molecule has 0 unspecified atom stereocenters. The van der Waals surface area contributed by atoms with Crippen LogP contribution < -0.4 is 10.1 Å². The first-order valence-corrected chi connectivity index (χ1v) is 6.35. The summed E-state index contributed by atoms with van der Waals surface area (Å²) in [5.41, 5.74) is 1.87. The first kappa shape index (κ1) is 13.3. The number of aromatic nitrogens is 1. The maximum absolute atomic E-state index is 12.7. The van der Waals surface area contributed by atoms with Gasteiger partial charge in [0.2, 0.25) is 0 Å². The predicted octanol–water partition coefficient (Wildman–Crippen LogP) is 3.62. The molecule has 0 fully saturated rings. The summed E-state index contributed by atoms with van der Waals surface area (Å²) in [6.07, 6.45) is 2.82. The Labute approximate surface area is 112 Å². The number of benzene rings is 1. The smallest absolute Gasteiger partial charge is 0.130 e. The molecule has 100 valence electrons. The largest absolute Gasteiger partial charge is 0.487 e. The lowest BCUT2D eigenvalue weighted by Crippen LogP contribution is -2.03. The van der Waals surface area contributed by atoms with Gasteiger partial charge >= 0.3 is 0 Å². The van der Waals surface area contributed by atoms with E-state index in [1.807, 2.05) is 12.1 Å². The van der Waals surface area contributed by atoms with Crippen molar-refractivity contribution in [2.24, 2.45) is 0 Å². The molecule has 1 N–H and O–H groups in total. The quantitative estimate of drug-likeness (QED) is 0.861. The van der Waals surface area contributed by atoms with E-state index in [1.54, 1.807) is 18.3 Å². The molecule has 0 saturated heterocycles. The van der Waals surface area contributed by atoms with Crippen LogP contribution in [0.2, 0.25) is 0 Å². The van der Waals surface area contributed by atoms with Gasteiger partial charge in [0.05, 0.1) is 5.69 Å². The molecule has 2 rings (SSSR count). The van der Waals surface area contributed by atoms with E-state index >= 15 is 0 Å². The first-order valence-electron chi connectivity index (χ1n) is 6.35. The van der Waals surface area contributed by atoms with Crippen LogP contribution in [-0.4, -0.2) is 11.5 Å². The van der Waals surface area contributed by atoms with Gasteiger partial charge in [0.15, 0.2) is 0 Å². The molecule has 0 bridgehead atoms. The van der Waals surface area contributed by atoms with Gasteiger partial charge in [-0.15, -0.1) is 0 Å². The van der Waals surface area contributed by atoms with E-state index in [1.165, 1.54) is 12.1 Å². The van der Waals surface area contributed by atoms with Crippen LogP contribution in [0, 0.1) is 5.82 Å². The van der Waals surface area contributed by atoms with Crippen molar-refractivity contribution in [1.82, 2.24) is 4.98 Å². The summed E-state index contributed by atoms with van der Waals surface area (Å²) in [5.74, 6) is 0.367. The highest BCUT2D eigenvalue weighted by atomic mass is 19.1. The Hall–Kier alpha value is -2.10. The van der Waals surface area contributed by atoms with Crippen LogP contribution in [0.3, 0.4) is 0 Å². The molecule has 0 amide bonds. The minimum absolute atomic E-state index is 0.267. The number of anilines is 1. The highest BCUT2D eigenvalue weighted by Crippen LogP contribution is 2.14. The zero-order valence-electron chi connectivity index (χ0n) is 10.9. The summed E-state index contributed by atoms with van der Waals surface area (Å²) >= 11 is 0. The van der Waals surface area contributed by atoms with Crippen molar-refractivity contribution < 1.29 is 9.13 Å². The van der Waals surface area contributed by atoms with Crippen LogP contribution in [0.25, 0.3) is 0 Å². The van der Waals surface area contributed by atoms with Crippen molar-refractivity contribution in [1.29, 1.82) is 0 Å². The molecule has 3 nitrogen and oxygen atoms in total. The van der Waals surface area contributed by atoms with Crippen molar-refractivity contribution in [2.75, 3.05) is 11.9 Å². The van der Waals surface area contributed by atoms with Gasteiger partial charge in [0, 0.05) is 18.4 Å². The molecular weight excluding hydrogens is 243 g/mol. The zero-order chi connectivity index (χ0) is 13.5. The molecule has 1 aromatic heterocycles. The normalized spacial score (nSPS) is 10.2. The Morgan fingerprint density at radius 3 is 2.74 bits per heavy atom. The fourth-order valence-corrected chi connectivity index (χ4v) is 1.62. The lowest BCUT2D eigenvalue weighted by atomic mass is 10.3. The van der Waals surface area contributed by atoms with Gasteiger partial charge in [0.1, 0.15) is 18.2 Å². The summed E-state index contributed by atoms with van der Waals surface area (Å²) in [6, 6.07) is 9.85. The van der Waals surface area contributed by atoms with Gasteiger partial charge in [-0.1, -0.05) is 6.92 Å². The van der Waals surface area contributed by atoms with E-state index < -0.39 is 0 Å². The SMILES string of the molecule is CCCNc1ccnc(COc2ccc(F)cc2)c1. The number of nitrogens with one attached hydrogen (secondary N) is 1. The molecule has 0 radical (unpaired) electrons. The van der Waals surface area contributed by atoms with Gasteiger partial charge < -0.3 is 10.1 Å². The van der Waals surface area contributed by atoms with Crippen LogP contribution in [-0.2, 0) is 6.61 Å². The summed E-state index contributed by atoms with van der Waals surface area (Å²) < 4.78 is 18.3. The van der Waals surface area contributed by atoms with Crippen LogP contribution in [0.15, 0.2) is 42.6 Å². The number of rotatable bonds is 6. The number of hydrogen-bond acceptors (Lipinski definition) is 3. The van der Waals surface area contributed by atoms with Gasteiger partial charge in [-0.2, -0.15) is 0 Å². The molecule has 0 aliphatic carbocycles. The summed E-state index contributed by atoms with van der Waals surface area (Å²) in [4.78, 5) is 4.24. The number of halogens is 1. The van der Waals surface area contributed by atoms with Gasteiger partial charge in [-0.3, -0.25) is 4.98 Å². The Morgan fingerprint density at radius 1 is 1.21 bits per heavy atom. The summed E-state index contributed by atoms with van der Waals surface area (Å²) in [6.45, 7) is 3.42. The van der Waals surface area contributed by atoms with Gasteiger partial charge in [-0.25, -0.2) is 4.39 Å². The Balaban J connectivity index is 1.93. The molecule has 0 aliphatic heterocycles. The van der Waals surface area contributed by atoms with Crippen LogP contribution in [0.4, 0.5) is 10.1 Å². The van der Waals surface area contributed by atoms with Crippen molar-refractivity contribution in [3.8, 4) is 5.75 Å². The molecule has 4 heteroatoms. The third-order valence-corrected chi connectivity index (χ3v) is 2.60.